The van der Waals surface area contributed by atoms with Crippen LogP contribution < -0.4 is 5.73 Å². The Morgan fingerprint density at radius 1 is 1.31 bits per heavy atom. The van der Waals surface area contributed by atoms with Crippen molar-refractivity contribution in [3.05, 3.63) is 35.9 Å². The first kappa shape index (κ1) is 8.10. The molecule has 2 rings (SSSR count). The van der Waals surface area contributed by atoms with Gasteiger partial charge in [0, 0.05) is 0 Å². The number of rotatable bonds is 1. The number of hydrogen-bond donors (Lipinski definition) is 1. The molecular formula is C10H12N2O. The highest BCUT2D eigenvalue weighted by molar-refractivity contribution is 5.73. The molecule has 1 aliphatic rings. The van der Waals surface area contributed by atoms with E-state index in [1.54, 1.807) is 0 Å². The van der Waals surface area contributed by atoms with E-state index in [4.69, 9.17) is 10.5 Å². The minimum Gasteiger partial charge on any atom is -0.455 e. The normalized spacial score (nSPS) is 26.7. The minimum atomic E-state index is -0.0128. The van der Waals surface area contributed by atoms with Crippen molar-refractivity contribution in [3.8, 4) is 0 Å². The quantitative estimate of drug-likeness (QED) is 0.704. The smallest absolute Gasteiger partial charge is 0.283 e. The molecule has 68 valence electrons. The Bertz CT molecular complexity index is 321. The van der Waals surface area contributed by atoms with Gasteiger partial charge in [0.1, 0.15) is 6.10 Å². The van der Waals surface area contributed by atoms with Crippen LogP contribution >= 0.6 is 0 Å². The van der Waals surface area contributed by atoms with Gasteiger partial charge < -0.3 is 10.5 Å². The summed E-state index contributed by atoms with van der Waals surface area (Å²) in [4.78, 5) is 4.12. The molecule has 3 nitrogen and oxygen atoms in total. The van der Waals surface area contributed by atoms with Crippen LogP contribution in [0.5, 0.6) is 0 Å². The zero-order chi connectivity index (χ0) is 9.26. The molecule has 0 radical (unpaired) electrons. The molecular weight excluding hydrogens is 164 g/mol. The van der Waals surface area contributed by atoms with Gasteiger partial charge in [0.2, 0.25) is 0 Å². The van der Waals surface area contributed by atoms with Crippen LogP contribution in [0.15, 0.2) is 35.3 Å². The van der Waals surface area contributed by atoms with E-state index in [1.165, 1.54) is 0 Å². The van der Waals surface area contributed by atoms with E-state index < -0.39 is 0 Å². The zero-order valence-electron chi connectivity index (χ0n) is 7.47. The van der Waals surface area contributed by atoms with Gasteiger partial charge in [0.15, 0.2) is 0 Å². The summed E-state index contributed by atoms with van der Waals surface area (Å²) < 4.78 is 5.39. The second-order valence-electron chi connectivity index (χ2n) is 3.16. The predicted molar refractivity (Wildman–Crippen MR) is 51.4 cm³/mol. The molecule has 0 bridgehead atoms. The van der Waals surface area contributed by atoms with Crippen LogP contribution in [0.2, 0.25) is 0 Å². The third-order valence-corrected chi connectivity index (χ3v) is 2.14. The Morgan fingerprint density at radius 3 is 2.54 bits per heavy atom. The second kappa shape index (κ2) is 3.09. The Hall–Kier alpha value is -1.51. The van der Waals surface area contributed by atoms with Crippen molar-refractivity contribution in [2.75, 3.05) is 0 Å². The SMILES string of the molecule is C[C@@H]1N=C(N)O[C@@H]1c1ccccc1. The van der Waals surface area contributed by atoms with Crippen molar-refractivity contribution >= 4 is 6.02 Å². The van der Waals surface area contributed by atoms with Crippen molar-refractivity contribution in [2.45, 2.75) is 19.1 Å². The van der Waals surface area contributed by atoms with Gasteiger partial charge in [-0.3, -0.25) is 0 Å². The molecule has 0 unspecified atom stereocenters. The highest BCUT2D eigenvalue weighted by Crippen LogP contribution is 2.27. The molecule has 0 aliphatic carbocycles. The van der Waals surface area contributed by atoms with Crippen LogP contribution in [0, 0.1) is 0 Å². The molecule has 0 saturated carbocycles. The van der Waals surface area contributed by atoms with E-state index in [0.717, 1.165) is 5.56 Å². The lowest BCUT2D eigenvalue weighted by molar-refractivity contribution is 0.199. The number of nitrogens with zero attached hydrogens (tertiary/aromatic N) is 1. The van der Waals surface area contributed by atoms with Gasteiger partial charge in [0.05, 0.1) is 6.04 Å². The van der Waals surface area contributed by atoms with Gasteiger partial charge in [-0.1, -0.05) is 30.3 Å². The topological polar surface area (TPSA) is 47.6 Å². The number of benzene rings is 1. The van der Waals surface area contributed by atoms with E-state index >= 15 is 0 Å². The van der Waals surface area contributed by atoms with Gasteiger partial charge >= 0.3 is 0 Å². The zero-order valence-corrected chi connectivity index (χ0v) is 7.47. The highest BCUT2D eigenvalue weighted by Gasteiger charge is 2.26. The number of nitrogens with two attached hydrogens (primary N) is 1. The van der Waals surface area contributed by atoms with E-state index in [1.807, 2.05) is 37.3 Å². The standard InChI is InChI=1S/C10H12N2O/c1-7-9(13-10(11)12-7)8-5-3-2-4-6-8/h2-7,9H,1H3,(H2,11,12)/t7-,9-/m0/s1. The average molecular weight is 176 g/mol. The number of amidine groups is 1. The van der Waals surface area contributed by atoms with Gasteiger partial charge in [-0.15, -0.1) is 0 Å². The molecule has 2 N–H and O–H groups in total. The van der Waals surface area contributed by atoms with Crippen molar-refractivity contribution in [2.24, 2.45) is 10.7 Å². The largest absolute Gasteiger partial charge is 0.455 e. The summed E-state index contributed by atoms with van der Waals surface area (Å²) in [6, 6.07) is 10.4. The van der Waals surface area contributed by atoms with Crippen LogP contribution in [-0.4, -0.2) is 12.1 Å². The van der Waals surface area contributed by atoms with Crippen LogP contribution in [0.25, 0.3) is 0 Å². The molecule has 1 heterocycles. The second-order valence-corrected chi connectivity index (χ2v) is 3.16. The lowest BCUT2D eigenvalue weighted by Gasteiger charge is -2.13. The van der Waals surface area contributed by atoms with Gasteiger partial charge in [-0.2, -0.15) is 0 Å². The number of ether oxygens (including phenoxy) is 1. The molecule has 0 aromatic heterocycles. The third kappa shape index (κ3) is 1.49. The molecule has 0 spiro atoms. The van der Waals surface area contributed by atoms with Crippen LogP contribution in [0.3, 0.4) is 0 Å². The van der Waals surface area contributed by atoms with Crippen LogP contribution in [-0.2, 0) is 4.74 Å². The maximum absolute atomic E-state index is 5.48. The summed E-state index contributed by atoms with van der Waals surface area (Å²) >= 11 is 0. The first-order chi connectivity index (χ1) is 6.27. The van der Waals surface area contributed by atoms with Crippen molar-refractivity contribution < 1.29 is 4.74 Å². The summed E-state index contributed by atoms with van der Waals surface area (Å²) in [5.41, 5.74) is 6.60. The molecule has 3 heteroatoms. The minimum absolute atomic E-state index is 0.0128. The van der Waals surface area contributed by atoms with Crippen LogP contribution in [0.4, 0.5) is 0 Å². The maximum atomic E-state index is 5.48. The van der Waals surface area contributed by atoms with Crippen molar-refractivity contribution in [1.82, 2.24) is 0 Å². The van der Waals surface area contributed by atoms with Gasteiger partial charge in [0.25, 0.3) is 6.02 Å². The number of aliphatic imine (C=N–C) groups is 1. The Balaban J connectivity index is 2.21. The number of hydrogen-bond acceptors (Lipinski definition) is 3. The Kier molecular flexibility index (Phi) is 1.93. The molecule has 1 aliphatic heterocycles. The van der Waals surface area contributed by atoms with E-state index in [2.05, 4.69) is 4.99 Å². The first-order valence-corrected chi connectivity index (χ1v) is 4.32. The first-order valence-electron chi connectivity index (χ1n) is 4.32. The Morgan fingerprint density at radius 2 is 2.00 bits per heavy atom. The lowest BCUT2D eigenvalue weighted by atomic mass is 10.0. The highest BCUT2D eigenvalue weighted by atomic mass is 16.5. The molecule has 0 fully saturated rings. The maximum Gasteiger partial charge on any atom is 0.283 e. The summed E-state index contributed by atoms with van der Waals surface area (Å²) in [6.07, 6.45) is -0.0128. The fraction of sp³-hybridized carbons (Fsp3) is 0.300. The summed E-state index contributed by atoms with van der Waals surface area (Å²) in [5, 5.41) is 0. The van der Waals surface area contributed by atoms with Crippen molar-refractivity contribution in [1.29, 1.82) is 0 Å². The van der Waals surface area contributed by atoms with E-state index in [-0.39, 0.29) is 12.1 Å². The molecule has 0 amide bonds. The third-order valence-electron chi connectivity index (χ3n) is 2.14. The molecule has 0 saturated heterocycles. The van der Waals surface area contributed by atoms with Gasteiger partial charge in [-0.25, -0.2) is 4.99 Å². The predicted octanol–water partition coefficient (Wildman–Crippen LogP) is 1.46. The van der Waals surface area contributed by atoms with E-state index in [9.17, 15) is 0 Å². The summed E-state index contributed by atoms with van der Waals surface area (Å²) in [5.74, 6) is 0. The molecule has 2 atom stereocenters. The van der Waals surface area contributed by atoms with Crippen molar-refractivity contribution in [3.63, 3.8) is 0 Å². The van der Waals surface area contributed by atoms with E-state index in [0.29, 0.717) is 6.02 Å². The fourth-order valence-corrected chi connectivity index (χ4v) is 1.52. The summed E-state index contributed by atoms with van der Waals surface area (Å²) in [6.45, 7) is 2.00. The van der Waals surface area contributed by atoms with Crippen LogP contribution in [0.1, 0.15) is 18.6 Å². The summed E-state index contributed by atoms with van der Waals surface area (Å²) in [7, 11) is 0. The molecule has 13 heavy (non-hydrogen) atoms. The fourth-order valence-electron chi connectivity index (χ4n) is 1.52. The molecule has 1 aromatic rings. The molecule has 1 aromatic carbocycles. The monoisotopic (exact) mass is 176 g/mol. The lowest BCUT2D eigenvalue weighted by Crippen LogP contribution is -2.14. The Labute approximate surface area is 77.2 Å². The van der Waals surface area contributed by atoms with Gasteiger partial charge in [-0.05, 0) is 12.5 Å². The average Bonchev–Trinajstić information content (AvgIpc) is 2.47.